The van der Waals surface area contributed by atoms with Crippen LogP contribution in [0.4, 0.5) is 13.2 Å². The van der Waals surface area contributed by atoms with Crippen molar-refractivity contribution in [2.24, 2.45) is 10.1 Å². The molecule has 2 rings (SSSR count). The Bertz CT molecular complexity index is 717. The largest absolute Gasteiger partial charge is 0.401 e. The zero-order valence-corrected chi connectivity index (χ0v) is 15.1. The lowest BCUT2D eigenvalue weighted by atomic mass is 10.3. The van der Waals surface area contributed by atoms with E-state index in [2.05, 4.69) is 15.6 Å². The second-order valence-electron chi connectivity index (χ2n) is 5.67. The van der Waals surface area contributed by atoms with Gasteiger partial charge in [0, 0.05) is 31.1 Å². The maximum atomic E-state index is 12.4. The van der Waals surface area contributed by atoms with Crippen molar-refractivity contribution in [3.63, 3.8) is 0 Å². The summed E-state index contributed by atoms with van der Waals surface area (Å²) in [7, 11) is -2.16. The number of hydrogen-bond donors (Lipinski definition) is 3. The van der Waals surface area contributed by atoms with E-state index in [1.54, 1.807) is 13.1 Å². The van der Waals surface area contributed by atoms with Crippen LogP contribution in [0.15, 0.2) is 21.3 Å². The van der Waals surface area contributed by atoms with Gasteiger partial charge in [0.1, 0.15) is 4.21 Å². The Hall–Kier alpha value is -1.37. The van der Waals surface area contributed by atoms with Crippen molar-refractivity contribution in [3.05, 3.63) is 17.0 Å². The first-order valence-electron chi connectivity index (χ1n) is 7.44. The normalized spacial score (nSPS) is 20.0. The molecular weight excluding hydrogens is 379 g/mol. The fourth-order valence-corrected chi connectivity index (χ4v) is 4.23. The average molecular weight is 399 g/mol. The van der Waals surface area contributed by atoms with E-state index in [4.69, 9.17) is 5.14 Å². The van der Waals surface area contributed by atoms with Crippen LogP contribution in [0.5, 0.6) is 0 Å². The molecule has 0 bridgehead atoms. The molecule has 1 aromatic heterocycles. The molecule has 4 N–H and O–H groups in total. The first-order chi connectivity index (χ1) is 11.6. The first-order valence-corrected chi connectivity index (χ1v) is 9.81. The number of hydrogen-bond acceptors (Lipinski definition) is 5. The third kappa shape index (κ3) is 6.45. The minimum atomic E-state index is -4.20. The van der Waals surface area contributed by atoms with Crippen LogP contribution in [-0.2, 0) is 16.6 Å². The fraction of sp³-hybridized carbons (Fsp3) is 0.615. The van der Waals surface area contributed by atoms with Crippen LogP contribution < -0.4 is 15.8 Å². The molecule has 1 aromatic rings. The number of nitrogens with zero attached hydrogens (tertiary/aromatic N) is 2. The predicted molar refractivity (Wildman–Crippen MR) is 89.9 cm³/mol. The summed E-state index contributed by atoms with van der Waals surface area (Å²) in [5, 5.41) is 11.2. The lowest BCUT2D eigenvalue weighted by Crippen LogP contribution is -2.44. The van der Waals surface area contributed by atoms with Gasteiger partial charge in [-0.1, -0.05) is 0 Å². The molecule has 1 aliphatic rings. The third-order valence-corrected chi connectivity index (χ3v) is 6.11. The van der Waals surface area contributed by atoms with Gasteiger partial charge in [-0.15, -0.1) is 11.3 Å². The van der Waals surface area contributed by atoms with Gasteiger partial charge in [0.25, 0.3) is 0 Å². The molecule has 1 atom stereocenters. The van der Waals surface area contributed by atoms with Crippen LogP contribution in [0, 0.1) is 0 Å². The molecule has 0 saturated carbocycles. The second kappa shape index (κ2) is 7.89. The fourth-order valence-electron chi connectivity index (χ4n) is 2.51. The van der Waals surface area contributed by atoms with Gasteiger partial charge in [-0.05, 0) is 18.6 Å². The summed E-state index contributed by atoms with van der Waals surface area (Å²) in [6.45, 7) is 0.0766. The second-order valence-corrected chi connectivity index (χ2v) is 8.63. The summed E-state index contributed by atoms with van der Waals surface area (Å²) in [4.78, 5) is 6.13. The molecule has 2 heterocycles. The van der Waals surface area contributed by atoms with E-state index >= 15 is 0 Å². The van der Waals surface area contributed by atoms with Gasteiger partial charge in [-0.25, -0.2) is 13.6 Å². The average Bonchev–Trinajstić information content (AvgIpc) is 3.10. The number of guanidine groups is 1. The molecule has 1 fully saturated rings. The quantitative estimate of drug-likeness (QED) is 0.500. The Morgan fingerprint density at radius 2 is 2.20 bits per heavy atom. The van der Waals surface area contributed by atoms with Gasteiger partial charge in [0.15, 0.2) is 5.96 Å². The molecular formula is C13H20F3N5O2S2. The topological polar surface area (TPSA) is 99.8 Å². The minimum absolute atomic E-state index is 0.0748. The van der Waals surface area contributed by atoms with Gasteiger partial charge in [0.2, 0.25) is 10.0 Å². The molecule has 7 nitrogen and oxygen atoms in total. The molecule has 142 valence electrons. The highest BCUT2D eigenvalue weighted by molar-refractivity contribution is 7.91. The van der Waals surface area contributed by atoms with Crippen molar-refractivity contribution in [2.45, 2.75) is 29.4 Å². The SMILES string of the molecule is CN=C(NCc1ccc(S(N)(=O)=O)s1)NC1CCN(CC(F)(F)F)C1. The van der Waals surface area contributed by atoms with Crippen LogP contribution in [0.25, 0.3) is 0 Å². The number of alkyl halides is 3. The summed E-state index contributed by atoms with van der Waals surface area (Å²) in [5.74, 6) is 0.449. The number of nitrogens with two attached hydrogens (primary N) is 1. The number of likely N-dealkylation sites (tertiary alicyclic amines) is 1. The monoisotopic (exact) mass is 399 g/mol. The Labute approximate surface area is 148 Å². The molecule has 1 saturated heterocycles. The first kappa shape index (κ1) is 19.9. The minimum Gasteiger partial charge on any atom is -0.352 e. The van der Waals surface area contributed by atoms with E-state index in [9.17, 15) is 21.6 Å². The summed E-state index contributed by atoms with van der Waals surface area (Å²) in [5.41, 5.74) is 0. The lowest BCUT2D eigenvalue weighted by molar-refractivity contribution is -0.143. The number of nitrogens with one attached hydrogen (secondary N) is 2. The standard InChI is InChI=1S/C13H20F3N5O2S2/c1-18-12(19-6-10-2-3-11(24-10)25(17,22)23)20-9-4-5-21(7-9)8-13(14,15)16/h2-3,9H,4-8H2,1H3,(H2,17,22,23)(H2,18,19,20). The number of sulfonamides is 1. The maximum absolute atomic E-state index is 12.4. The van der Waals surface area contributed by atoms with E-state index in [1.165, 1.54) is 11.0 Å². The van der Waals surface area contributed by atoms with Crippen LogP contribution in [0.2, 0.25) is 0 Å². The number of primary sulfonamides is 1. The van der Waals surface area contributed by atoms with Crippen LogP contribution in [0.3, 0.4) is 0 Å². The van der Waals surface area contributed by atoms with Crippen molar-refractivity contribution < 1.29 is 21.6 Å². The zero-order valence-electron chi connectivity index (χ0n) is 13.5. The van der Waals surface area contributed by atoms with Gasteiger partial charge < -0.3 is 10.6 Å². The van der Waals surface area contributed by atoms with E-state index in [-0.39, 0.29) is 16.8 Å². The molecule has 0 aromatic carbocycles. The number of aliphatic imine (C=N–C) groups is 1. The van der Waals surface area contributed by atoms with Crippen molar-refractivity contribution in [3.8, 4) is 0 Å². The van der Waals surface area contributed by atoms with E-state index < -0.39 is 22.7 Å². The van der Waals surface area contributed by atoms with Crippen LogP contribution in [-0.4, -0.2) is 58.2 Å². The van der Waals surface area contributed by atoms with Crippen molar-refractivity contribution in [1.82, 2.24) is 15.5 Å². The highest BCUT2D eigenvalue weighted by Gasteiger charge is 2.34. The van der Waals surface area contributed by atoms with Gasteiger partial charge >= 0.3 is 6.18 Å². The van der Waals surface area contributed by atoms with Gasteiger partial charge in [-0.3, -0.25) is 9.89 Å². The molecule has 0 aliphatic carbocycles. The molecule has 0 radical (unpaired) electrons. The van der Waals surface area contributed by atoms with Crippen LogP contribution >= 0.6 is 11.3 Å². The van der Waals surface area contributed by atoms with Gasteiger partial charge in [0.05, 0.1) is 13.1 Å². The van der Waals surface area contributed by atoms with Gasteiger partial charge in [-0.2, -0.15) is 13.2 Å². The lowest BCUT2D eigenvalue weighted by Gasteiger charge is -2.19. The molecule has 12 heteroatoms. The van der Waals surface area contributed by atoms with E-state index in [1.807, 2.05) is 0 Å². The Balaban J connectivity index is 1.83. The van der Waals surface area contributed by atoms with Crippen molar-refractivity contribution in [1.29, 1.82) is 0 Å². The van der Waals surface area contributed by atoms with Crippen molar-refractivity contribution in [2.75, 3.05) is 26.7 Å². The maximum Gasteiger partial charge on any atom is 0.401 e. The highest BCUT2D eigenvalue weighted by Crippen LogP contribution is 2.21. The molecule has 0 amide bonds. The van der Waals surface area contributed by atoms with Crippen LogP contribution in [0.1, 0.15) is 11.3 Å². The number of rotatable bonds is 5. The molecule has 1 unspecified atom stereocenters. The number of halogens is 3. The predicted octanol–water partition coefficient (Wildman–Crippen LogP) is 0.697. The Morgan fingerprint density at radius 3 is 2.76 bits per heavy atom. The van der Waals surface area contributed by atoms with E-state index in [0.29, 0.717) is 25.5 Å². The Kier molecular flexibility index (Phi) is 6.30. The third-order valence-electron chi connectivity index (χ3n) is 3.59. The smallest absolute Gasteiger partial charge is 0.352 e. The molecule has 1 aliphatic heterocycles. The summed E-state index contributed by atoms with van der Waals surface area (Å²) in [6, 6.07) is 2.95. The zero-order chi connectivity index (χ0) is 18.7. The highest BCUT2D eigenvalue weighted by atomic mass is 32.2. The molecule has 25 heavy (non-hydrogen) atoms. The summed E-state index contributed by atoms with van der Waals surface area (Å²) >= 11 is 1.05. The summed E-state index contributed by atoms with van der Waals surface area (Å²) < 4.78 is 59.8. The Morgan fingerprint density at radius 1 is 1.48 bits per heavy atom. The summed E-state index contributed by atoms with van der Waals surface area (Å²) in [6.07, 6.45) is -3.61. The van der Waals surface area contributed by atoms with E-state index in [0.717, 1.165) is 16.2 Å². The van der Waals surface area contributed by atoms with Crippen molar-refractivity contribution >= 4 is 27.3 Å². The number of thiophene rings is 1. The molecule has 0 spiro atoms.